The van der Waals surface area contributed by atoms with Crippen LogP contribution in [0, 0.1) is 11.3 Å². The number of carbonyl (C=O) groups is 1. The zero-order chi connectivity index (χ0) is 9.26. The fraction of sp³-hybridized carbons (Fsp3) is 0.273. The third-order valence-corrected chi connectivity index (χ3v) is 2.40. The standard InChI is InChI=1S/C11H9NO/c12-7-8-1-2-10-6-11(13)4-3-9(10)5-8/h1-2,5H,3-4,6H2. The van der Waals surface area contributed by atoms with Crippen LogP contribution in [0.1, 0.15) is 23.1 Å². The fourth-order valence-corrected chi connectivity index (χ4v) is 1.68. The van der Waals surface area contributed by atoms with Crippen molar-refractivity contribution in [1.82, 2.24) is 0 Å². The fourth-order valence-electron chi connectivity index (χ4n) is 1.68. The van der Waals surface area contributed by atoms with Crippen LogP contribution in [0.5, 0.6) is 0 Å². The molecule has 1 aromatic rings. The first-order valence-corrected chi connectivity index (χ1v) is 4.33. The number of fused-ring (bicyclic) bond motifs is 1. The maximum atomic E-state index is 11.1. The van der Waals surface area contributed by atoms with Gasteiger partial charge in [-0.1, -0.05) is 6.07 Å². The van der Waals surface area contributed by atoms with E-state index in [-0.39, 0.29) is 0 Å². The van der Waals surface area contributed by atoms with E-state index >= 15 is 0 Å². The van der Waals surface area contributed by atoms with Gasteiger partial charge < -0.3 is 0 Å². The van der Waals surface area contributed by atoms with Gasteiger partial charge in [0.05, 0.1) is 11.6 Å². The molecule has 1 aromatic carbocycles. The lowest BCUT2D eigenvalue weighted by molar-refractivity contribution is -0.118. The Balaban J connectivity index is 2.43. The molecular formula is C11H9NO. The maximum Gasteiger partial charge on any atom is 0.137 e. The molecule has 13 heavy (non-hydrogen) atoms. The topological polar surface area (TPSA) is 40.9 Å². The molecule has 0 spiro atoms. The minimum absolute atomic E-state index is 0.303. The smallest absolute Gasteiger partial charge is 0.137 e. The average molecular weight is 171 g/mol. The Morgan fingerprint density at radius 3 is 2.85 bits per heavy atom. The highest BCUT2D eigenvalue weighted by atomic mass is 16.1. The van der Waals surface area contributed by atoms with E-state index in [9.17, 15) is 4.79 Å². The predicted molar refractivity (Wildman–Crippen MR) is 48.2 cm³/mol. The summed E-state index contributed by atoms with van der Waals surface area (Å²) in [5.74, 6) is 0.303. The average Bonchev–Trinajstić information content (AvgIpc) is 2.17. The predicted octanol–water partition coefficient (Wildman–Crippen LogP) is 1.62. The van der Waals surface area contributed by atoms with Gasteiger partial charge in [-0.15, -0.1) is 0 Å². The van der Waals surface area contributed by atoms with Crippen LogP contribution >= 0.6 is 0 Å². The first kappa shape index (κ1) is 8.00. The lowest BCUT2D eigenvalue weighted by Crippen LogP contribution is -2.13. The van der Waals surface area contributed by atoms with E-state index in [0.717, 1.165) is 12.0 Å². The first-order chi connectivity index (χ1) is 6.29. The summed E-state index contributed by atoms with van der Waals surface area (Å²) in [7, 11) is 0. The maximum absolute atomic E-state index is 11.1. The first-order valence-electron chi connectivity index (χ1n) is 4.33. The highest BCUT2D eigenvalue weighted by Crippen LogP contribution is 2.19. The van der Waals surface area contributed by atoms with E-state index in [1.54, 1.807) is 6.07 Å². The zero-order valence-electron chi connectivity index (χ0n) is 7.21. The molecule has 0 bridgehead atoms. The van der Waals surface area contributed by atoms with Crippen molar-refractivity contribution in [2.75, 3.05) is 0 Å². The molecule has 0 heterocycles. The summed E-state index contributed by atoms with van der Waals surface area (Å²) in [5.41, 5.74) is 2.95. The molecule has 0 amide bonds. The summed E-state index contributed by atoms with van der Waals surface area (Å²) in [6.45, 7) is 0. The number of aryl methyl sites for hydroxylation is 1. The highest BCUT2D eigenvalue weighted by molar-refractivity contribution is 5.83. The summed E-state index contributed by atoms with van der Waals surface area (Å²) in [4.78, 5) is 11.1. The Morgan fingerprint density at radius 1 is 1.23 bits per heavy atom. The Morgan fingerprint density at radius 2 is 2.08 bits per heavy atom. The molecule has 0 atom stereocenters. The minimum atomic E-state index is 0.303. The Kier molecular flexibility index (Phi) is 1.86. The number of nitriles is 1. The summed E-state index contributed by atoms with van der Waals surface area (Å²) in [5, 5.41) is 8.67. The van der Waals surface area contributed by atoms with Crippen LogP contribution < -0.4 is 0 Å². The van der Waals surface area contributed by atoms with Crippen LogP contribution in [0.2, 0.25) is 0 Å². The Labute approximate surface area is 76.8 Å². The van der Waals surface area contributed by atoms with Crippen molar-refractivity contribution in [2.24, 2.45) is 0 Å². The molecule has 0 radical (unpaired) electrons. The number of ketones is 1. The van der Waals surface area contributed by atoms with Crippen LogP contribution in [-0.4, -0.2) is 5.78 Å². The van der Waals surface area contributed by atoms with Gasteiger partial charge >= 0.3 is 0 Å². The minimum Gasteiger partial charge on any atom is -0.299 e. The van der Waals surface area contributed by atoms with Gasteiger partial charge in [-0.3, -0.25) is 4.79 Å². The molecule has 64 valence electrons. The molecule has 1 aliphatic carbocycles. The van der Waals surface area contributed by atoms with Crippen LogP contribution in [0.15, 0.2) is 18.2 Å². The zero-order valence-corrected chi connectivity index (χ0v) is 7.21. The largest absolute Gasteiger partial charge is 0.299 e. The van der Waals surface area contributed by atoms with Crippen LogP contribution in [0.3, 0.4) is 0 Å². The Hall–Kier alpha value is -1.62. The van der Waals surface area contributed by atoms with Gasteiger partial charge in [-0.25, -0.2) is 0 Å². The number of benzene rings is 1. The van der Waals surface area contributed by atoms with Crippen molar-refractivity contribution in [1.29, 1.82) is 5.26 Å². The molecule has 0 aliphatic heterocycles. The van der Waals surface area contributed by atoms with E-state index in [2.05, 4.69) is 6.07 Å². The summed E-state index contributed by atoms with van der Waals surface area (Å²) in [6.07, 6.45) is 1.96. The van der Waals surface area contributed by atoms with Crippen LogP contribution in [-0.2, 0) is 17.6 Å². The molecule has 0 saturated heterocycles. The lowest BCUT2D eigenvalue weighted by Gasteiger charge is -2.14. The third-order valence-electron chi connectivity index (χ3n) is 2.40. The van der Waals surface area contributed by atoms with Gasteiger partial charge in [-0.2, -0.15) is 5.26 Å². The summed E-state index contributed by atoms with van der Waals surface area (Å²) >= 11 is 0. The number of hydrogen-bond acceptors (Lipinski definition) is 2. The molecule has 2 nitrogen and oxygen atoms in total. The third kappa shape index (κ3) is 1.46. The van der Waals surface area contributed by atoms with Gasteiger partial charge in [-0.05, 0) is 29.7 Å². The van der Waals surface area contributed by atoms with E-state index < -0.39 is 0 Å². The van der Waals surface area contributed by atoms with Crippen molar-refractivity contribution < 1.29 is 4.79 Å². The normalized spacial score (nSPS) is 14.8. The van der Waals surface area contributed by atoms with Crippen LogP contribution in [0.4, 0.5) is 0 Å². The van der Waals surface area contributed by atoms with E-state index in [1.165, 1.54) is 5.56 Å². The van der Waals surface area contributed by atoms with E-state index in [1.807, 2.05) is 12.1 Å². The molecule has 0 unspecified atom stereocenters. The second-order valence-electron chi connectivity index (χ2n) is 3.31. The Bertz CT molecular complexity index is 401. The molecular weight excluding hydrogens is 162 g/mol. The lowest BCUT2D eigenvalue weighted by atomic mass is 9.90. The number of nitrogens with zero attached hydrogens (tertiary/aromatic N) is 1. The molecule has 2 rings (SSSR count). The van der Waals surface area contributed by atoms with Crippen molar-refractivity contribution in [2.45, 2.75) is 19.3 Å². The van der Waals surface area contributed by atoms with Crippen molar-refractivity contribution in [3.63, 3.8) is 0 Å². The van der Waals surface area contributed by atoms with Gasteiger partial charge in [0.2, 0.25) is 0 Å². The molecule has 0 N–H and O–H groups in total. The van der Waals surface area contributed by atoms with E-state index in [4.69, 9.17) is 5.26 Å². The second kappa shape index (κ2) is 3.02. The molecule has 0 fully saturated rings. The van der Waals surface area contributed by atoms with Gasteiger partial charge in [0.1, 0.15) is 5.78 Å². The number of carbonyl (C=O) groups excluding carboxylic acids is 1. The van der Waals surface area contributed by atoms with Gasteiger partial charge in [0, 0.05) is 12.8 Å². The van der Waals surface area contributed by atoms with Crippen LogP contribution in [0.25, 0.3) is 0 Å². The van der Waals surface area contributed by atoms with Crippen molar-refractivity contribution >= 4 is 5.78 Å². The monoisotopic (exact) mass is 171 g/mol. The molecule has 1 aliphatic rings. The van der Waals surface area contributed by atoms with Crippen molar-refractivity contribution in [3.05, 3.63) is 34.9 Å². The number of hydrogen-bond donors (Lipinski definition) is 0. The number of Topliss-reactive ketones (excluding diaryl/α,β-unsaturated/α-hetero) is 1. The SMILES string of the molecule is N#Cc1ccc2c(c1)CCC(=O)C2. The highest BCUT2D eigenvalue weighted by Gasteiger charge is 2.15. The van der Waals surface area contributed by atoms with Gasteiger partial charge in [0.25, 0.3) is 0 Å². The second-order valence-corrected chi connectivity index (χ2v) is 3.31. The molecule has 2 heteroatoms. The van der Waals surface area contributed by atoms with Crippen molar-refractivity contribution in [3.8, 4) is 6.07 Å². The number of rotatable bonds is 0. The summed E-state index contributed by atoms with van der Waals surface area (Å²) in [6, 6.07) is 7.66. The molecule has 0 saturated carbocycles. The van der Waals surface area contributed by atoms with E-state index in [0.29, 0.717) is 24.2 Å². The molecule has 0 aromatic heterocycles. The summed E-state index contributed by atoms with van der Waals surface area (Å²) < 4.78 is 0. The van der Waals surface area contributed by atoms with Gasteiger partial charge in [0.15, 0.2) is 0 Å². The quantitative estimate of drug-likeness (QED) is 0.595.